The monoisotopic (exact) mass is 278 g/mol. The number of benzene rings is 1. The summed E-state index contributed by atoms with van der Waals surface area (Å²) in [4.78, 5) is 14.0. The second-order valence-electron chi connectivity index (χ2n) is 4.42. The smallest absolute Gasteiger partial charge is 0.304 e. The van der Waals surface area contributed by atoms with E-state index in [2.05, 4.69) is 10.3 Å². The first kappa shape index (κ1) is 14.1. The number of nitro benzene ring substituents is 1. The molecule has 2 rings (SSSR count). The molecule has 6 nitrogen and oxygen atoms in total. The summed E-state index contributed by atoms with van der Waals surface area (Å²) in [5.41, 5.74) is 0.176. The van der Waals surface area contributed by atoms with Crippen LogP contribution in [0.5, 0.6) is 0 Å². The van der Waals surface area contributed by atoms with Crippen LogP contribution in [0, 0.1) is 15.9 Å². The van der Waals surface area contributed by atoms with Gasteiger partial charge >= 0.3 is 5.69 Å². The van der Waals surface area contributed by atoms with Crippen LogP contribution in [0.4, 0.5) is 10.1 Å². The largest absolute Gasteiger partial charge is 0.338 e. The summed E-state index contributed by atoms with van der Waals surface area (Å²) in [5, 5.41) is 13.7. The lowest BCUT2D eigenvalue weighted by molar-refractivity contribution is -0.387. The molecule has 106 valence electrons. The Morgan fingerprint density at radius 1 is 1.50 bits per heavy atom. The Morgan fingerprint density at radius 3 is 2.90 bits per heavy atom. The van der Waals surface area contributed by atoms with Crippen molar-refractivity contribution in [1.82, 2.24) is 14.9 Å². The lowest BCUT2D eigenvalue weighted by Crippen LogP contribution is -2.18. The van der Waals surface area contributed by atoms with Crippen molar-refractivity contribution in [3.05, 3.63) is 57.9 Å². The fourth-order valence-electron chi connectivity index (χ4n) is 1.88. The van der Waals surface area contributed by atoms with Gasteiger partial charge in [0.05, 0.1) is 4.92 Å². The predicted molar refractivity (Wildman–Crippen MR) is 71.7 cm³/mol. The minimum atomic E-state index is -0.807. The Hall–Kier alpha value is -2.28. The van der Waals surface area contributed by atoms with Crippen molar-refractivity contribution >= 4 is 5.69 Å². The minimum Gasteiger partial charge on any atom is -0.338 e. The maximum atomic E-state index is 13.4. The molecule has 0 fully saturated rings. The molecule has 2 aromatic rings. The van der Waals surface area contributed by atoms with E-state index in [1.54, 1.807) is 12.3 Å². The normalized spacial score (nSPS) is 10.7. The number of hydrogen-bond acceptors (Lipinski definition) is 4. The molecule has 0 aliphatic carbocycles. The predicted octanol–water partition coefficient (Wildman–Crippen LogP) is 1.80. The number of nitrogens with one attached hydrogen (secondary N) is 1. The molecule has 0 amide bonds. The molecular formula is C13H15FN4O2. The Balaban J connectivity index is 1.84. The average molecular weight is 278 g/mol. The molecule has 1 N–H and O–H groups in total. The number of hydrogen-bond donors (Lipinski definition) is 1. The summed E-state index contributed by atoms with van der Waals surface area (Å²) in [6.07, 6.45) is 4.38. The standard InChI is InChI=1S/C13H15FN4O2/c1-17-7-6-16-13(17)4-5-15-9-10-2-3-12(18(19)20)11(14)8-10/h2-3,6-8,15H,4-5,9H2,1H3. The molecule has 7 heteroatoms. The van der Waals surface area contributed by atoms with Crippen molar-refractivity contribution in [2.75, 3.05) is 6.54 Å². The van der Waals surface area contributed by atoms with Gasteiger partial charge in [0.1, 0.15) is 5.82 Å². The maximum Gasteiger partial charge on any atom is 0.304 e. The Labute approximate surface area is 115 Å². The third kappa shape index (κ3) is 3.39. The summed E-state index contributed by atoms with van der Waals surface area (Å²) in [7, 11) is 1.92. The Kier molecular flexibility index (Phi) is 4.41. The highest BCUT2D eigenvalue weighted by Gasteiger charge is 2.13. The van der Waals surface area contributed by atoms with Crippen LogP contribution in [0.2, 0.25) is 0 Å². The molecule has 0 radical (unpaired) electrons. The number of rotatable bonds is 6. The lowest BCUT2D eigenvalue weighted by Gasteiger charge is -2.05. The van der Waals surface area contributed by atoms with Crippen LogP contribution in [0.15, 0.2) is 30.6 Å². The zero-order valence-electron chi connectivity index (χ0n) is 11.0. The third-order valence-electron chi connectivity index (χ3n) is 2.98. The molecule has 0 saturated carbocycles. The van der Waals surface area contributed by atoms with Crippen LogP contribution in [0.3, 0.4) is 0 Å². The summed E-state index contributed by atoms with van der Waals surface area (Å²) >= 11 is 0. The highest BCUT2D eigenvalue weighted by atomic mass is 19.1. The molecule has 0 atom stereocenters. The van der Waals surface area contributed by atoms with E-state index in [9.17, 15) is 14.5 Å². The Bertz CT molecular complexity index is 612. The van der Waals surface area contributed by atoms with Gasteiger partial charge < -0.3 is 9.88 Å². The van der Waals surface area contributed by atoms with E-state index in [0.717, 1.165) is 12.2 Å². The first-order valence-electron chi connectivity index (χ1n) is 6.17. The number of aromatic nitrogens is 2. The van der Waals surface area contributed by atoms with E-state index >= 15 is 0 Å². The summed E-state index contributed by atoms with van der Waals surface area (Å²) < 4.78 is 15.3. The van der Waals surface area contributed by atoms with Gasteiger partial charge in [-0.2, -0.15) is 4.39 Å². The fourth-order valence-corrected chi connectivity index (χ4v) is 1.88. The van der Waals surface area contributed by atoms with Crippen LogP contribution in [0.1, 0.15) is 11.4 Å². The summed E-state index contributed by atoms with van der Waals surface area (Å²) in [6.45, 7) is 1.16. The van der Waals surface area contributed by atoms with Crippen LogP contribution in [0.25, 0.3) is 0 Å². The van der Waals surface area contributed by atoms with Crippen molar-refractivity contribution in [3.8, 4) is 0 Å². The summed E-state index contributed by atoms with van der Waals surface area (Å²) in [5.74, 6) is 0.158. The van der Waals surface area contributed by atoms with Gasteiger partial charge in [0.25, 0.3) is 0 Å². The Morgan fingerprint density at radius 2 is 2.30 bits per heavy atom. The van der Waals surface area contributed by atoms with E-state index < -0.39 is 16.4 Å². The van der Waals surface area contributed by atoms with E-state index in [4.69, 9.17) is 0 Å². The molecule has 1 heterocycles. The molecule has 0 unspecified atom stereocenters. The van der Waals surface area contributed by atoms with E-state index in [0.29, 0.717) is 18.7 Å². The summed E-state index contributed by atoms with van der Waals surface area (Å²) in [6, 6.07) is 3.92. The molecule has 1 aromatic carbocycles. The van der Waals surface area contributed by atoms with Gasteiger partial charge in [-0.3, -0.25) is 10.1 Å². The first-order chi connectivity index (χ1) is 9.58. The van der Waals surface area contributed by atoms with Crippen molar-refractivity contribution in [2.45, 2.75) is 13.0 Å². The van der Waals surface area contributed by atoms with Gasteiger partial charge in [0, 0.05) is 45.0 Å². The minimum absolute atomic E-state index is 0.458. The van der Waals surface area contributed by atoms with Crippen molar-refractivity contribution in [3.63, 3.8) is 0 Å². The van der Waals surface area contributed by atoms with Crippen LogP contribution in [-0.2, 0) is 20.0 Å². The molecule has 0 aliphatic heterocycles. The van der Waals surface area contributed by atoms with Crippen LogP contribution < -0.4 is 5.32 Å². The molecule has 0 aliphatic rings. The molecular weight excluding hydrogens is 263 g/mol. The molecule has 0 saturated heterocycles. The molecule has 0 spiro atoms. The van der Waals surface area contributed by atoms with E-state index in [-0.39, 0.29) is 0 Å². The van der Waals surface area contributed by atoms with Gasteiger partial charge in [-0.25, -0.2) is 4.98 Å². The number of halogens is 1. The van der Waals surface area contributed by atoms with Gasteiger partial charge in [0.2, 0.25) is 5.82 Å². The van der Waals surface area contributed by atoms with Crippen molar-refractivity contribution in [1.29, 1.82) is 0 Å². The second kappa shape index (κ2) is 6.25. The number of nitrogens with zero attached hydrogens (tertiary/aromatic N) is 3. The molecule has 0 bridgehead atoms. The average Bonchev–Trinajstić information content (AvgIpc) is 2.80. The van der Waals surface area contributed by atoms with E-state index in [1.165, 1.54) is 12.1 Å². The quantitative estimate of drug-likeness (QED) is 0.497. The fraction of sp³-hybridized carbons (Fsp3) is 0.308. The van der Waals surface area contributed by atoms with Gasteiger partial charge in [-0.1, -0.05) is 6.07 Å². The number of nitro groups is 1. The number of imidazole rings is 1. The van der Waals surface area contributed by atoms with Gasteiger partial charge in [0.15, 0.2) is 0 Å². The zero-order chi connectivity index (χ0) is 14.5. The highest BCUT2D eigenvalue weighted by Crippen LogP contribution is 2.17. The topological polar surface area (TPSA) is 73.0 Å². The number of aryl methyl sites for hydroxylation is 1. The SMILES string of the molecule is Cn1ccnc1CCNCc1ccc([N+](=O)[O-])c(F)c1. The van der Waals surface area contributed by atoms with Gasteiger partial charge in [-0.15, -0.1) is 0 Å². The highest BCUT2D eigenvalue weighted by molar-refractivity contribution is 5.34. The first-order valence-corrected chi connectivity index (χ1v) is 6.17. The second-order valence-corrected chi connectivity index (χ2v) is 4.42. The van der Waals surface area contributed by atoms with Crippen molar-refractivity contribution < 1.29 is 9.31 Å². The van der Waals surface area contributed by atoms with Gasteiger partial charge in [-0.05, 0) is 11.6 Å². The maximum absolute atomic E-state index is 13.4. The molecule has 20 heavy (non-hydrogen) atoms. The molecule has 1 aromatic heterocycles. The third-order valence-corrected chi connectivity index (χ3v) is 2.98. The van der Waals surface area contributed by atoms with E-state index in [1.807, 2.05) is 17.8 Å². The van der Waals surface area contributed by atoms with Crippen LogP contribution in [-0.4, -0.2) is 21.0 Å². The lowest BCUT2D eigenvalue weighted by atomic mass is 10.2. The van der Waals surface area contributed by atoms with Crippen LogP contribution >= 0.6 is 0 Å². The zero-order valence-corrected chi connectivity index (χ0v) is 11.0. The van der Waals surface area contributed by atoms with Crippen molar-refractivity contribution in [2.24, 2.45) is 7.05 Å².